The maximum atomic E-state index is 2.76. The van der Waals surface area contributed by atoms with E-state index in [1.165, 1.54) is 38.5 Å². The van der Waals surface area contributed by atoms with E-state index in [2.05, 4.69) is 78.9 Å². The van der Waals surface area contributed by atoms with E-state index in [-0.39, 0.29) is 5.41 Å². The summed E-state index contributed by atoms with van der Waals surface area (Å²) in [5.74, 6) is 4.27. The Bertz CT molecular complexity index is 755. The highest BCUT2D eigenvalue weighted by Crippen LogP contribution is 2.56. The molecule has 26 heavy (non-hydrogen) atoms. The average molecular weight is 458 g/mol. The lowest BCUT2D eigenvalue weighted by atomic mass is 9.64. The van der Waals surface area contributed by atoms with Crippen molar-refractivity contribution in [3.05, 3.63) is 59.2 Å². The largest absolute Gasteiger partial charge is 0.0841 e. The molecule has 0 heterocycles. The molecule has 0 radical (unpaired) electrons. The summed E-state index contributed by atoms with van der Waals surface area (Å²) in [6.07, 6.45) is 16.4. The van der Waals surface area contributed by atoms with E-state index in [1.807, 2.05) is 0 Å². The normalized spacial score (nSPS) is 40.3. The third-order valence-electron chi connectivity index (χ3n) is 8.08. The number of benzene rings is 1. The van der Waals surface area contributed by atoms with Gasteiger partial charge in [0.25, 0.3) is 0 Å². The van der Waals surface area contributed by atoms with Crippen LogP contribution in [0.3, 0.4) is 0 Å². The highest BCUT2D eigenvalue weighted by Gasteiger charge is 2.44. The molecule has 1 aromatic carbocycles. The summed E-state index contributed by atoms with van der Waals surface area (Å²) >= 11 is 2.62. The van der Waals surface area contributed by atoms with Crippen molar-refractivity contribution in [1.82, 2.24) is 0 Å². The predicted octanol–water partition coefficient (Wildman–Crippen LogP) is 7.19. The molecule has 0 saturated heterocycles. The van der Waals surface area contributed by atoms with Crippen LogP contribution in [-0.2, 0) is 5.41 Å². The zero-order valence-electron chi connectivity index (χ0n) is 16.1. The van der Waals surface area contributed by atoms with Crippen molar-refractivity contribution in [2.24, 2.45) is 23.7 Å². The maximum Gasteiger partial charge on any atom is 0.0292 e. The van der Waals surface area contributed by atoms with Gasteiger partial charge in [-0.05, 0) is 73.3 Å². The van der Waals surface area contributed by atoms with Crippen LogP contribution in [0.2, 0.25) is 0 Å². The lowest BCUT2D eigenvalue weighted by Crippen LogP contribution is -2.32. The second kappa shape index (κ2) is 6.50. The SMILES string of the molecule is CC1(C)C2=CC(C3CCC4CC(I)C=C[C@H]4C3)CCC2c2ccccc21. The second-order valence-corrected chi connectivity index (χ2v) is 11.4. The van der Waals surface area contributed by atoms with Gasteiger partial charge in [0.2, 0.25) is 0 Å². The van der Waals surface area contributed by atoms with Crippen molar-refractivity contribution in [3.63, 3.8) is 0 Å². The average Bonchev–Trinajstić information content (AvgIpc) is 2.89. The molecular formula is C25H31I. The zero-order chi connectivity index (χ0) is 17.9. The summed E-state index contributed by atoms with van der Waals surface area (Å²) in [4.78, 5) is 0. The van der Waals surface area contributed by atoms with Gasteiger partial charge in [-0.3, -0.25) is 0 Å². The van der Waals surface area contributed by atoms with Gasteiger partial charge in [-0.2, -0.15) is 0 Å². The van der Waals surface area contributed by atoms with E-state index < -0.39 is 0 Å². The van der Waals surface area contributed by atoms with Crippen LogP contribution in [0.15, 0.2) is 48.1 Å². The summed E-state index contributed by atoms with van der Waals surface area (Å²) in [6, 6.07) is 9.23. The molecule has 0 spiro atoms. The fraction of sp³-hybridized carbons (Fsp3) is 0.600. The summed E-state index contributed by atoms with van der Waals surface area (Å²) < 4.78 is 0.778. The number of hydrogen-bond acceptors (Lipinski definition) is 0. The molecule has 0 bridgehead atoms. The molecule has 0 aromatic heterocycles. The molecule has 0 amide bonds. The Labute approximate surface area is 172 Å². The number of fused-ring (bicyclic) bond motifs is 4. The van der Waals surface area contributed by atoms with Gasteiger partial charge < -0.3 is 0 Å². The van der Waals surface area contributed by atoms with Crippen LogP contribution in [0.25, 0.3) is 0 Å². The first-order valence-corrected chi connectivity index (χ1v) is 11.9. The third-order valence-corrected chi connectivity index (χ3v) is 9.00. The smallest absolute Gasteiger partial charge is 0.0292 e. The molecule has 1 heteroatoms. The number of rotatable bonds is 1. The first-order chi connectivity index (χ1) is 12.5. The van der Waals surface area contributed by atoms with E-state index in [0.29, 0.717) is 5.92 Å². The lowest BCUT2D eigenvalue weighted by molar-refractivity contribution is 0.161. The molecule has 5 rings (SSSR count). The van der Waals surface area contributed by atoms with Crippen LogP contribution in [0.1, 0.15) is 69.4 Å². The fourth-order valence-electron chi connectivity index (χ4n) is 6.66. The minimum atomic E-state index is 0.232. The minimum absolute atomic E-state index is 0.232. The van der Waals surface area contributed by atoms with E-state index in [9.17, 15) is 0 Å². The molecule has 4 aliphatic rings. The number of halogens is 1. The Morgan fingerprint density at radius 3 is 2.50 bits per heavy atom. The van der Waals surface area contributed by atoms with Crippen LogP contribution < -0.4 is 0 Å². The van der Waals surface area contributed by atoms with Gasteiger partial charge in [-0.15, -0.1) is 0 Å². The molecule has 0 N–H and O–H groups in total. The van der Waals surface area contributed by atoms with Gasteiger partial charge in [0.15, 0.2) is 0 Å². The van der Waals surface area contributed by atoms with Crippen LogP contribution in [0.5, 0.6) is 0 Å². The minimum Gasteiger partial charge on any atom is -0.0841 e. The highest BCUT2D eigenvalue weighted by atomic mass is 127. The monoisotopic (exact) mass is 458 g/mol. The van der Waals surface area contributed by atoms with Crippen LogP contribution in [0, 0.1) is 23.7 Å². The summed E-state index contributed by atoms with van der Waals surface area (Å²) in [5, 5.41) is 0. The van der Waals surface area contributed by atoms with Gasteiger partial charge in [-0.25, -0.2) is 0 Å². The van der Waals surface area contributed by atoms with E-state index in [4.69, 9.17) is 0 Å². The zero-order valence-corrected chi connectivity index (χ0v) is 18.3. The molecule has 6 atom stereocenters. The fourth-order valence-corrected chi connectivity index (χ4v) is 7.55. The van der Waals surface area contributed by atoms with Crippen LogP contribution >= 0.6 is 22.6 Å². The first kappa shape index (κ1) is 17.5. The Hall–Kier alpha value is -0.570. The third kappa shape index (κ3) is 2.75. The molecule has 1 fully saturated rings. The van der Waals surface area contributed by atoms with E-state index >= 15 is 0 Å². The van der Waals surface area contributed by atoms with Gasteiger partial charge >= 0.3 is 0 Å². The highest BCUT2D eigenvalue weighted by molar-refractivity contribution is 14.1. The molecule has 0 aliphatic heterocycles. The number of hydrogen-bond donors (Lipinski definition) is 0. The standard InChI is InChI=1S/C25H31I/c1-25(2)23-6-4-3-5-21(23)22-12-10-19(15-24(22)25)16-7-8-18-14-20(26)11-9-17(18)13-16/h3-6,9,11,15-20,22H,7-8,10,12-14H2,1-2H3/t16?,17-,18?,19?,20?,22?/m0/s1. The van der Waals surface area contributed by atoms with Crippen molar-refractivity contribution >= 4 is 22.6 Å². The van der Waals surface area contributed by atoms with Crippen molar-refractivity contribution in [2.45, 2.75) is 67.6 Å². The summed E-state index contributed by atoms with van der Waals surface area (Å²) in [6.45, 7) is 4.92. The maximum absolute atomic E-state index is 2.76. The van der Waals surface area contributed by atoms with E-state index in [0.717, 1.165) is 27.6 Å². The first-order valence-electron chi connectivity index (χ1n) is 10.7. The summed E-state index contributed by atoms with van der Waals surface area (Å²) in [5.41, 5.74) is 5.18. The van der Waals surface area contributed by atoms with Crippen LogP contribution in [0.4, 0.5) is 0 Å². The second-order valence-electron chi connectivity index (χ2n) is 9.76. The Morgan fingerprint density at radius 1 is 0.885 bits per heavy atom. The quantitative estimate of drug-likeness (QED) is 0.237. The van der Waals surface area contributed by atoms with Crippen molar-refractivity contribution in [2.75, 3.05) is 0 Å². The number of alkyl halides is 1. The molecule has 5 unspecified atom stereocenters. The Balaban J connectivity index is 1.40. The molecule has 0 nitrogen and oxygen atoms in total. The van der Waals surface area contributed by atoms with Crippen molar-refractivity contribution < 1.29 is 0 Å². The van der Waals surface area contributed by atoms with Gasteiger partial charge in [0.05, 0.1) is 0 Å². The summed E-state index contributed by atoms with van der Waals surface area (Å²) in [7, 11) is 0. The molecule has 1 aromatic rings. The Kier molecular flexibility index (Phi) is 4.38. The van der Waals surface area contributed by atoms with Crippen molar-refractivity contribution in [1.29, 1.82) is 0 Å². The van der Waals surface area contributed by atoms with Gasteiger partial charge in [0, 0.05) is 15.3 Å². The molecule has 1 saturated carbocycles. The lowest BCUT2D eigenvalue weighted by Gasteiger charge is -2.42. The van der Waals surface area contributed by atoms with E-state index in [1.54, 1.807) is 16.7 Å². The predicted molar refractivity (Wildman–Crippen MR) is 119 cm³/mol. The van der Waals surface area contributed by atoms with Crippen LogP contribution in [-0.4, -0.2) is 3.92 Å². The Morgan fingerprint density at radius 2 is 1.65 bits per heavy atom. The molecular weight excluding hydrogens is 427 g/mol. The molecule has 138 valence electrons. The van der Waals surface area contributed by atoms with Gasteiger partial charge in [-0.1, -0.05) is 84.5 Å². The topological polar surface area (TPSA) is 0 Å². The van der Waals surface area contributed by atoms with Crippen molar-refractivity contribution in [3.8, 4) is 0 Å². The molecule has 4 aliphatic carbocycles. The van der Waals surface area contributed by atoms with Gasteiger partial charge in [0.1, 0.15) is 0 Å². The number of allylic oxidation sites excluding steroid dienone is 4.